The van der Waals surface area contributed by atoms with Crippen LogP contribution in [0.2, 0.25) is 0 Å². The fourth-order valence-corrected chi connectivity index (χ4v) is 2.32. The van der Waals surface area contributed by atoms with Gasteiger partial charge in [-0.2, -0.15) is 11.8 Å². The summed E-state index contributed by atoms with van der Waals surface area (Å²) in [6.45, 7) is 2.77. The Hall–Kier alpha value is -0.820. The number of hydrogen-bond donors (Lipinski definition) is 1. The SMILES string of the molecule is CSCC(C)CNc1ncc(Br)cc1[N+](=O)[O-]. The van der Waals surface area contributed by atoms with E-state index >= 15 is 0 Å². The van der Waals surface area contributed by atoms with E-state index in [4.69, 9.17) is 0 Å². The number of thioether (sulfide) groups is 1. The number of hydrogen-bond acceptors (Lipinski definition) is 5. The van der Waals surface area contributed by atoms with Crippen LogP contribution in [0.15, 0.2) is 16.7 Å². The molecule has 0 aliphatic heterocycles. The molecule has 1 N–H and O–H groups in total. The second-order valence-corrected chi connectivity index (χ2v) is 5.55. The van der Waals surface area contributed by atoms with Gasteiger partial charge in [0.05, 0.1) is 4.92 Å². The maximum absolute atomic E-state index is 10.8. The van der Waals surface area contributed by atoms with Crippen molar-refractivity contribution < 1.29 is 4.92 Å². The normalized spacial score (nSPS) is 12.2. The molecule has 0 spiro atoms. The molecule has 0 fully saturated rings. The molecule has 1 rings (SSSR count). The third-order valence-corrected chi connectivity index (χ3v) is 3.44. The first-order chi connectivity index (χ1) is 8.04. The zero-order valence-electron chi connectivity index (χ0n) is 9.64. The molecule has 5 nitrogen and oxygen atoms in total. The third-order valence-electron chi connectivity index (χ3n) is 2.10. The molecule has 94 valence electrons. The molecule has 1 aromatic heterocycles. The van der Waals surface area contributed by atoms with Gasteiger partial charge in [-0.05, 0) is 33.9 Å². The number of pyridine rings is 1. The van der Waals surface area contributed by atoms with Crippen molar-refractivity contribution >= 4 is 39.2 Å². The van der Waals surface area contributed by atoms with Gasteiger partial charge in [-0.1, -0.05) is 6.92 Å². The van der Waals surface area contributed by atoms with Crippen molar-refractivity contribution in [2.45, 2.75) is 6.92 Å². The van der Waals surface area contributed by atoms with E-state index in [0.717, 1.165) is 5.75 Å². The number of halogens is 1. The summed E-state index contributed by atoms with van der Waals surface area (Å²) in [7, 11) is 0. The molecule has 0 bridgehead atoms. The molecule has 1 atom stereocenters. The van der Waals surface area contributed by atoms with Crippen LogP contribution in [-0.2, 0) is 0 Å². The lowest BCUT2D eigenvalue weighted by Gasteiger charge is -2.11. The summed E-state index contributed by atoms with van der Waals surface area (Å²) in [5, 5.41) is 13.9. The second-order valence-electron chi connectivity index (χ2n) is 3.72. The Kier molecular flexibility index (Phi) is 5.70. The molecule has 0 aliphatic rings. The zero-order chi connectivity index (χ0) is 12.8. The Morgan fingerprint density at radius 1 is 1.71 bits per heavy atom. The van der Waals surface area contributed by atoms with Crippen LogP contribution in [0.3, 0.4) is 0 Å². The van der Waals surface area contributed by atoms with Crippen molar-refractivity contribution in [2.24, 2.45) is 5.92 Å². The van der Waals surface area contributed by atoms with E-state index in [9.17, 15) is 10.1 Å². The summed E-state index contributed by atoms with van der Waals surface area (Å²) in [6.07, 6.45) is 3.59. The summed E-state index contributed by atoms with van der Waals surface area (Å²) in [5.74, 6) is 1.78. The highest BCUT2D eigenvalue weighted by atomic mass is 79.9. The highest BCUT2D eigenvalue weighted by molar-refractivity contribution is 9.10. The maximum Gasteiger partial charge on any atom is 0.312 e. The molecule has 17 heavy (non-hydrogen) atoms. The van der Waals surface area contributed by atoms with Gasteiger partial charge in [-0.25, -0.2) is 4.98 Å². The molecule has 0 aliphatic carbocycles. The van der Waals surface area contributed by atoms with E-state index in [-0.39, 0.29) is 5.69 Å². The van der Waals surface area contributed by atoms with Gasteiger partial charge in [0, 0.05) is 23.3 Å². The standard InChI is InChI=1S/C10H14BrN3O2S/c1-7(6-17-2)4-12-10-9(14(15)16)3-8(11)5-13-10/h3,5,7H,4,6H2,1-2H3,(H,12,13). The topological polar surface area (TPSA) is 68.1 Å². The van der Waals surface area contributed by atoms with Crippen LogP contribution in [0.1, 0.15) is 6.92 Å². The maximum atomic E-state index is 10.8. The Morgan fingerprint density at radius 2 is 2.41 bits per heavy atom. The summed E-state index contributed by atoms with van der Waals surface area (Å²) in [5.41, 5.74) is -0.00396. The fourth-order valence-electron chi connectivity index (χ4n) is 1.32. The van der Waals surface area contributed by atoms with Gasteiger partial charge in [-0.15, -0.1) is 0 Å². The van der Waals surface area contributed by atoms with Gasteiger partial charge in [0.25, 0.3) is 0 Å². The van der Waals surface area contributed by atoms with Crippen molar-refractivity contribution in [2.75, 3.05) is 23.9 Å². The number of aromatic nitrogens is 1. The van der Waals surface area contributed by atoms with E-state index in [1.165, 1.54) is 6.07 Å². The molecule has 7 heteroatoms. The van der Waals surface area contributed by atoms with Gasteiger partial charge in [0.2, 0.25) is 5.82 Å². The van der Waals surface area contributed by atoms with Crippen LogP contribution in [-0.4, -0.2) is 28.5 Å². The average molecular weight is 320 g/mol. The molecule has 0 saturated heterocycles. The van der Waals surface area contributed by atoms with Gasteiger partial charge in [-0.3, -0.25) is 10.1 Å². The minimum Gasteiger partial charge on any atom is -0.364 e. The first-order valence-electron chi connectivity index (χ1n) is 5.07. The van der Waals surface area contributed by atoms with Crippen molar-refractivity contribution in [1.82, 2.24) is 4.98 Å². The van der Waals surface area contributed by atoms with Crippen LogP contribution in [0.4, 0.5) is 11.5 Å². The lowest BCUT2D eigenvalue weighted by atomic mass is 10.2. The monoisotopic (exact) mass is 319 g/mol. The van der Waals surface area contributed by atoms with Crippen LogP contribution < -0.4 is 5.32 Å². The third kappa shape index (κ3) is 4.51. The zero-order valence-corrected chi connectivity index (χ0v) is 12.0. The van der Waals surface area contributed by atoms with Crippen LogP contribution in [0.5, 0.6) is 0 Å². The molecule has 0 aromatic carbocycles. The van der Waals surface area contributed by atoms with Crippen molar-refractivity contribution in [1.29, 1.82) is 0 Å². The summed E-state index contributed by atoms with van der Waals surface area (Å²) in [4.78, 5) is 14.4. The van der Waals surface area contributed by atoms with Crippen molar-refractivity contribution in [3.63, 3.8) is 0 Å². The molecular weight excluding hydrogens is 306 g/mol. The Balaban J connectivity index is 2.73. The van der Waals surface area contributed by atoms with Gasteiger partial charge < -0.3 is 5.32 Å². The summed E-state index contributed by atoms with van der Waals surface area (Å²) < 4.78 is 0.604. The minimum atomic E-state index is -0.431. The molecule has 0 amide bonds. The smallest absolute Gasteiger partial charge is 0.312 e. The lowest BCUT2D eigenvalue weighted by Crippen LogP contribution is -2.15. The van der Waals surface area contributed by atoms with Gasteiger partial charge >= 0.3 is 5.69 Å². The molecule has 1 heterocycles. The highest BCUT2D eigenvalue weighted by Gasteiger charge is 2.16. The van der Waals surface area contributed by atoms with Crippen LogP contribution in [0.25, 0.3) is 0 Å². The van der Waals surface area contributed by atoms with E-state index in [1.54, 1.807) is 18.0 Å². The second kappa shape index (κ2) is 6.80. The number of anilines is 1. The Bertz CT molecular complexity index is 403. The predicted molar refractivity (Wildman–Crippen MR) is 74.6 cm³/mol. The average Bonchev–Trinajstić information content (AvgIpc) is 2.27. The summed E-state index contributed by atoms with van der Waals surface area (Å²) >= 11 is 4.93. The van der Waals surface area contributed by atoms with E-state index in [0.29, 0.717) is 22.8 Å². The first kappa shape index (κ1) is 14.2. The number of nitrogens with one attached hydrogen (secondary N) is 1. The number of nitrogens with zero attached hydrogens (tertiary/aromatic N) is 2. The number of nitro groups is 1. The van der Waals surface area contributed by atoms with E-state index in [2.05, 4.69) is 33.2 Å². The van der Waals surface area contributed by atoms with E-state index < -0.39 is 4.92 Å². The predicted octanol–water partition coefficient (Wildman–Crippen LogP) is 3.16. The molecular formula is C10H14BrN3O2S. The Labute approximate surface area is 113 Å². The molecule has 0 radical (unpaired) electrons. The van der Waals surface area contributed by atoms with Crippen molar-refractivity contribution in [3.05, 3.63) is 26.9 Å². The number of rotatable bonds is 6. The van der Waals surface area contributed by atoms with Gasteiger partial charge in [0.1, 0.15) is 0 Å². The van der Waals surface area contributed by atoms with Crippen molar-refractivity contribution in [3.8, 4) is 0 Å². The first-order valence-corrected chi connectivity index (χ1v) is 7.26. The van der Waals surface area contributed by atoms with Gasteiger partial charge in [0.15, 0.2) is 0 Å². The molecule has 1 aromatic rings. The minimum absolute atomic E-state index is 0.00396. The van der Waals surface area contributed by atoms with E-state index in [1.807, 2.05) is 6.26 Å². The Morgan fingerprint density at radius 3 is 3.00 bits per heavy atom. The summed E-state index contributed by atoms with van der Waals surface area (Å²) in [6, 6.07) is 1.45. The van der Waals surface area contributed by atoms with Crippen LogP contribution >= 0.6 is 27.7 Å². The lowest BCUT2D eigenvalue weighted by molar-refractivity contribution is -0.384. The highest BCUT2D eigenvalue weighted by Crippen LogP contribution is 2.25. The molecule has 0 saturated carbocycles. The largest absolute Gasteiger partial charge is 0.364 e. The molecule has 1 unspecified atom stereocenters. The quantitative estimate of drug-likeness (QED) is 0.644. The van der Waals surface area contributed by atoms with Crippen LogP contribution in [0, 0.1) is 16.0 Å². The fraction of sp³-hybridized carbons (Fsp3) is 0.500.